The molecule has 0 radical (unpaired) electrons. The normalized spacial score (nSPS) is 11.1. The van der Waals surface area contributed by atoms with Crippen molar-refractivity contribution >= 4 is 10.9 Å². The van der Waals surface area contributed by atoms with E-state index >= 15 is 0 Å². The third kappa shape index (κ3) is 1.79. The molecule has 0 unspecified atom stereocenters. The molecule has 96 valence electrons. The Morgan fingerprint density at radius 3 is 2.89 bits per heavy atom. The molecule has 1 aromatic carbocycles. The Kier molecular flexibility index (Phi) is 2.41. The molecule has 5 nitrogen and oxygen atoms in total. The molecule has 2 N–H and O–H groups in total. The van der Waals surface area contributed by atoms with Crippen molar-refractivity contribution in [2.75, 3.05) is 0 Å². The van der Waals surface area contributed by atoms with Crippen molar-refractivity contribution < 1.29 is 5.11 Å². The summed E-state index contributed by atoms with van der Waals surface area (Å²) < 4.78 is 1.79. The van der Waals surface area contributed by atoms with Crippen LogP contribution >= 0.6 is 0 Å². The lowest BCUT2D eigenvalue weighted by atomic mass is 10.0. The Labute approximate surface area is 109 Å². The highest BCUT2D eigenvalue weighted by atomic mass is 16.3. The molecule has 0 aliphatic rings. The van der Waals surface area contributed by atoms with Crippen molar-refractivity contribution in [1.29, 1.82) is 0 Å². The van der Waals surface area contributed by atoms with Crippen LogP contribution < -0.4 is 5.56 Å². The van der Waals surface area contributed by atoms with Gasteiger partial charge in [0.15, 0.2) is 0 Å². The number of pyridine rings is 1. The average Bonchev–Trinajstić information content (AvgIpc) is 2.75. The number of aromatic hydroxyl groups is 1. The molecule has 2 aromatic heterocycles. The molecule has 0 aliphatic carbocycles. The fraction of sp³-hybridized carbons (Fsp3) is 0.143. The lowest BCUT2D eigenvalue weighted by Gasteiger charge is -2.07. The molecule has 3 aromatic rings. The van der Waals surface area contributed by atoms with Crippen LogP contribution in [0.5, 0.6) is 5.75 Å². The minimum atomic E-state index is -0.315. The second-order valence-corrected chi connectivity index (χ2v) is 4.56. The van der Waals surface area contributed by atoms with Crippen LogP contribution in [0.2, 0.25) is 0 Å². The van der Waals surface area contributed by atoms with Gasteiger partial charge in [-0.15, -0.1) is 0 Å². The summed E-state index contributed by atoms with van der Waals surface area (Å²) in [5.41, 5.74) is 2.85. The second kappa shape index (κ2) is 3.98. The molecule has 0 amide bonds. The number of hydrogen-bond acceptors (Lipinski definition) is 3. The van der Waals surface area contributed by atoms with Crippen LogP contribution in [-0.2, 0) is 7.05 Å². The molecule has 0 aliphatic heterocycles. The lowest BCUT2D eigenvalue weighted by Crippen LogP contribution is -2.06. The van der Waals surface area contributed by atoms with Crippen molar-refractivity contribution in [3.8, 4) is 17.0 Å². The Bertz CT molecular complexity index is 830. The number of rotatable bonds is 1. The van der Waals surface area contributed by atoms with Crippen molar-refractivity contribution in [3.05, 3.63) is 46.4 Å². The summed E-state index contributed by atoms with van der Waals surface area (Å²) in [6.07, 6.45) is 1.77. The van der Waals surface area contributed by atoms with Gasteiger partial charge in [0.2, 0.25) is 0 Å². The summed E-state index contributed by atoms with van der Waals surface area (Å²) in [6, 6.07) is 6.97. The van der Waals surface area contributed by atoms with Gasteiger partial charge >= 0.3 is 0 Å². The van der Waals surface area contributed by atoms with E-state index in [9.17, 15) is 9.90 Å². The second-order valence-electron chi connectivity index (χ2n) is 4.56. The molecule has 0 bridgehead atoms. The smallest absolute Gasteiger partial charge is 0.252 e. The maximum Gasteiger partial charge on any atom is 0.252 e. The number of fused-ring (bicyclic) bond motifs is 1. The topological polar surface area (TPSA) is 70.9 Å². The maximum absolute atomic E-state index is 11.5. The standard InChI is InChI=1S/C14H13N3O2/c1-8-12(18)6-13(19)16-14(8)9-3-4-11-10(5-9)7-15-17(11)2/h3-7H,1-2H3,(H2,16,18,19). The number of nitrogens with one attached hydrogen (secondary N) is 1. The van der Waals surface area contributed by atoms with Crippen molar-refractivity contribution in [2.45, 2.75) is 6.92 Å². The highest BCUT2D eigenvalue weighted by molar-refractivity contribution is 5.84. The zero-order valence-electron chi connectivity index (χ0n) is 10.6. The van der Waals surface area contributed by atoms with E-state index in [-0.39, 0.29) is 11.3 Å². The van der Waals surface area contributed by atoms with Crippen molar-refractivity contribution in [1.82, 2.24) is 14.8 Å². The van der Waals surface area contributed by atoms with Gasteiger partial charge in [0, 0.05) is 24.1 Å². The van der Waals surface area contributed by atoms with E-state index in [0.29, 0.717) is 11.3 Å². The van der Waals surface area contributed by atoms with E-state index in [1.54, 1.807) is 17.8 Å². The van der Waals surface area contributed by atoms with Crippen LogP contribution in [0.25, 0.3) is 22.2 Å². The van der Waals surface area contributed by atoms with Gasteiger partial charge in [0.25, 0.3) is 5.56 Å². The summed E-state index contributed by atoms with van der Waals surface area (Å²) in [5, 5.41) is 14.9. The molecular formula is C14H13N3O2. The molecule has 0 saturated heterocycles. The monoisotopic (exact) mass is 255 g/mol. The van der Waals surface area contributed by atoms with Gasteiger partial charge in [0.1, 0.15) is 5.75 Å². The molecule has 0 atom stereocenters. The number of aromatic amines is 1. The Morgan fingerprint density at radius 2 is 2.11 bits per heavy atom. The van der Waals surface area contributed by atoms with E-state index in [1.807, 2.05) is 25.2 Å². The molecule has 0 fully saturated rings. The number of hydrogen-bond donors (Lipinski definition) is 2. The lowest BCUT2D eigenvalue weighted by molar-refractivity contribution is 0.470. The van der Waals surface area contributed by atoms with Crippen LogP contribution in [0.3, 0.4) is 0 Å². The van der Waals surface area contributed by atoms with Crippen molar-refractivity contribution in [2.24, 2.45) is 7.05 Å². The molecular weight excluding hydrogens is 242 g/mol. The molecule has 19 heavy (non-hydrogen) atoms. The third-order valence-corrected chi connectivity index (χ3v) is 3.31. The Hall–Kier alpha value is -2.56. The first-order chi connectivity index (χ1) is 9.06. The average molecular weight is 255 g/mol. The number of aromatic nitrogens is 3. The summed E-state index contributed by atoms with van der Waals surface area (Å²) in [7, 11) is 1.88. The predicted molar refractivity (Wildman–Crippen MR) is 73.2 cm³/mol. The molecule has 3 rings (SSSR count). The number of aryl methyl sites for hydroxylation is 1. The van der Waals surface area contributed by atoms with Crippen LogP contribution in [-0.4, -0.2) is 19.9 Å². The first kappa shape index (κ1) is 11.5. The van der Waals surface area contributed by atoms with Gasteiger partial charge in [-0.25, -0.2) is 0 Å². The molecule has 0 saturated carbocycles. The van der Waals surface area contributed by atoms with E-state index < -0.39 is 0 Å². The summed E-state index contributed by atoms with van der Waals surface area (Å²) in [6.45, 7) is 1.77. The van der Waals surface area contributed by atoms with Gasteiger partial charge < -0.3 is 10.1 Å². The fourth-order valence-electron chi connectivity index (χ4n) is 2.22. The Balaban J connectivity index is 2.27. The largest absolute Gasteiger partial charge is 0.507 e. The number of nitrogens with zero attached hydrogens (tertiary/aromatic N) is 2. The van der Waals surface area contributed by atoms with Gasteiger partial charge in [-0.05, 0) is 24.6 Å². The van der Waals surface area contributed by atoms with Gasteiger partial charge in [0.05, 0.1) is 17.4 Å². The zero-order chi connectivity index (χ0) is 13.6. The summed E-state index contributed by atoms with van der Waals surface area (Å²) >= 11 is 0. The quantitative estimate of drug-likeness (QED) is 0.698. The SMILES string of the molecule is Cc1c(O)cc(=O)[nH]c1-c1ccc2c(cnn2C)c1. The van der Waals surface area contributed by atoms with Crippen LogP contribution in [0.1, 0.15) is 5.56 Å². The van der Waals surface area contributed by atoms with Crippen LogP contribution in [0.15, 0.2) is 35.3 Å². The third-order valence-electron chi connectivity index (χ3n) is 3.31. The van der Waals surface area contributed by atoms with E-state index in [4.69, 9.17) is 0 Å². The maximum atomic E-state index is 11.5. The summed E-state index contributed by atoms with van der Waals surface area (Å²) in [4.78, 5) is 14.2. The Morgan fingerprint density at radius 1 is 1.32 bits per heavy atom. The van der Waals surface area contributed by atoms with Crippen LogP contribution in [0, 0.1) is 6.92 Å². The van der Waals surface area contributed by atoms with Gasteiger partial charge in [-0.3, -0.25) is 9.48 Å². The van der Waals surface area contributed by atoms with Crippen LogP contribution in [0.4, 0.5) is 0 Å². The number of H-pyrrole nitrogens is 1. The molecule has 0 spiro atoms. The van der Waals surface area contributed by atoms with E-state index in [2.05, 4.69) is 10.1 Å². The molecule has 2 heterocycles. The highest BCUT2D eigenvalue weighted by Crippen LogP contribution is 2.27. The fourth-order valence-corrected chi connectivity index (χ4v) is 2.22. The first-order valence-electron chi connectivity index (χ1n) is 5.91. The van der Waals surface area contributed by atoms with Crippen molar-refractivity contribution in [3.63, 3.8) is 0 Å². The minimum absolute atomic E-state index is 0.00466. The zero-order valence-corrected chi connectivity index (χ0v) is 10.6. The number of benzene rings is 1. The minimum Gasteiger partial charge on any atom is -0.507 e. The van der Waals surface area contributed by atoms with E-state index in [1.165, 1.54) is 6.07 Å². The van der Waals surface area contributed by atoms with Gasteiger partial charge in [-0.2, -0.15) is 5.10 Å². The highest BCUT2D eigenvalue weighted by Gasteiger charge is 2.09. The summed E-state index contributed by atoms with van der Waals surface area (Å²) in [5.74, 6) is 0.00466. The van der Waals surface area contributed by atoms with E-state index in [0.717, 1.165) is 16.5 Å². The first-order valence-corrected chi connectivity index (χ1v) is 5.91. The van der Waals surface area contributed by atoms with Gasteiger partial charge in [-0.1, -0.05) is 6.07 Å². The molecule has 5 heteroatoms. The predicted octanol–water partition coefficient (Wildman–Crippen LogP) is 1.94.